The molecule has 0 saturated carbocycles. The molecule has 5 heteroatoms. The van der Waals surface area contributed by atoms with Gasteiger partial charge in [-0.25, -0.2) is 9.37 Å². The molecule has 3 rings (SSSR count). The molecule has 23 heavy (non-hydrogen) atoms. The number of pyridine rings is 1. The number of hydrogen-bond donors (Lipinski definition) is 1. The van der Waals surface area contributed by atoms with Crippen LogP contribution in [-0.2, 0) is 10.2 Å². The van der Waals surface area contributed by atoms with Crippen molar-refractivity contribution in [2.45, 2.75) is 18.3 Å². The molecule has 1 aromatic heterocycles. The number of nitrogens with zero attached hydrogens (tertiary/aromatic N) is 2. The maximum atomic E-state index is 13.7. The number of nitriles is 1. The topological polar surface area (TPSA) is 57.9 Å². The standard InChI is InChI=1S/C18H18FN3O/c19-16-5-1-4-15(11-16)18(6-9-23-10-7-18)13-22-17-14(12-20)3-2-8-21-17/h1-5,8,11H,6-7,9-10,13H2,(H,21,22). The normalized spacial score (nSPS) is 16.5. The molecular weight excluding hydrogens is 293 g/mol. The number of rotatable bonds is 4. The summed E-state index contributed by atoms with van der Waals surface area (Å²) in [6.07, 6.45) is 3.26. The molecule has 0 bridgehead atoms. The van der Waals surface area contributed by atoms with Crippen molar-refractivity contribution >= 4 is 5.82 Å². The number of nitrogens with one attached hydrogen (secondary N) is 1. The van der Waals surface area contributed by atoms with Crippen molar-refractivity contribution in [1.82, 2.24) is 4.98 Å². The zero-order valence-corrected chi connectivity index (χ0v) is 12.8. The largest absolute Gasteiger partial charge is 0.381 e. The Kier molecular flexibility index (Phi) is 4.54. The van der Waals surface area contributed by atoms with E-state index in [0.29, 0.717) is 31.1 Å². The summed E-state index contributed by atoms with van der Waals surface area (Å²) in [5.41, 5.74) is 1.25. The average Bonchev–Trinajstić information content (AvgIpc) is 2.61. The van der Waals surface area contributed by atoms with Crippen molar-refractivity contribution in [3.63, 3.8) is 0 Å². The van der Waals surface area contributed by atoms with Gasteiger partial charge in [0.05, 0.1) is 5.56 Å². The minimum Gasteiger partial charge on any atom is -0.381 e. The predicted octanol–water partition coefficient (Wildman–Crippen LogP) is 3.25. The van der Waals surface area contributed by atoms with Crippen LogP contribution in [0.4, 0.5) is 10.2 Å². The van der Waals surface area contributed by atoms with Gasteiger partial charge >= 0.3 is 0 Å². The highest BCUT2D eigenvalue weighted by molar-refractivity contribution is 5.51. The minimum absolute atomic E-state index is 0.218. The second kappa shape index (κ2) is 6.76. The highest BCUT2D eigenvalue weighted by atomic mass is 19.1. The van der Waals surface area contributed by atoms with Crippen LogP contribution in [0.25, 0.3) is 0 Å². The first-order chi connectivity index (χ1) is 11.2. The zero-order valence-electron chi connectivity index (χ0n) is 12.8. The Morgan fingerprint density at radius 3 is 2.83 bits per heavy atom. The van der Waals surface area contributed by atoms with E-state index in [-0.39, 0.29) is 11.2 Å². The first-order valence-corrected chi connectivity index (χ1v) is 7.66. The third-order valence-electron chi connectivity index (χ3n) is 4.41. The highest BCUT2D eigenvalue weighted by Gasteiger charge is 2.34. The molecule has 1 aliphatic rings. The summed E-state index contributed by atoms with van der Waals surface area (Å²) >= 11 is 0. The lowest BCUT2D eigenvalue weighted by Gasteiger charge is -2.38. The summed E-state index contributed by atoms with van der Waals surface area (Å²) in [6.45, 7) is 1.88. The Morgan fingerprint density at radius 2 is 2.09 bits per heavy atom. The summed E-state index contributed by atoms with van der Waals surface area (Å²) in [5.74, 6) is 0.334. The predicted molar refractivity (Wildman–Crippen MR) is 85.6 cm³/mol. The fraction of sp³-hybridized carbons (Fsp3) is 0.333. The summed E-state index contributed by atoms with van der Waals surface area (Å²) in [4.78, 5) is 4.24. The SMILES string of the molecule is N#Cc1cccnc1NCC1(c2cccc(F)c2)CCOCC1. The van der Waals surface area contributed by atoms with E-state index >= 15 is 0 Å². The Bertz CT molecular complexity index is 720. The molecule has 2 heterocycles. The molecule has 0 aliphatic carbocycles. The number of halogens is 1. The first-order valence-electron chi connectivity index (χ1n) is 7.66. The van der Waals surface area contributed by atoms with Gasteiger partial charge in [0, 0.05) is 31.4 Å². The van der Waals surface area contributed by atoms with Gasteiger partial charge in [0.2, 0.25) is 0 Å². The van der Waals surface area contributed by atoms with E-state index in [2.05, 4.69) is 16.4 Å². The van der Waals surface area contributed by atoms with E-state index in [9.17, 15) is 9.65 Å². The van der Waals surface area contributed by atoms with Crippen LogP contribution in [-0.4, -0.2) is 24.7 Å². The quantitative estimate of drug-likeness (QED) is 0.941. The van der Waals surface area contributed by atoms with Crippen LogP contribution in [0.5, 0.6) is 0 Å². The summed E-state index contributed by atoms with van der Waals surface area (Å²) in [7, 11) is 0. The van der Waals surface area contributed by atoms with Gasteiger partial charge in [-0.3, -0.25) is 0 Å². The fourth-order valence-electron chi connectivity index (χ4n) is 3.04. The highest BCUT2D eigenvalue weighted by Crippen LogP contribution is 2.35. The summed E-state index contributed by atoms with van der Waals surface area (Å²) in [5, 5.41) is 12.5. The number of anilines is 1. The van der Waals surface area contributed by atoms with Gasteiger partial charge in [0.15, 0.2) is 0 Å². The molecule has 0 amide bonds. The molecule has 1 saturated heterocycles. The van der Waals surface area contributed by atoms with Crippen LogP contribution >= 0.6 is 0 Å². The monoisotopic (exact) mass is 311 g/mol. The van der Waals surface area contributed by atoms with Crippen molar-refractivity contribution < 1.29 is 9.13 Å². The number of aromatic nitrogens is 1. The maximum Gasteiger partial charge on any atom is 0.143 e. The third kappa shape index (κ3) is 3.33. The second-order valence-corrected chi connectivity index (χ2v) is 5.77. The van der Waals surface area contributed by atoms with E-state index in [1.165, 1.54) is 6.07 Å². The lowest BCUT2D eigenvalue weighted by atomic mass is 9.74. The van der Waals surface area contributed by atoms with Gasteiger partial charge in [-0.2, -0.15) is 5.26 Å². The van der Waals surface area contributed by atoms with Crippen molar-refractivity contribution in [1.29, 1.82) is 5.26 Å². The molecule has 1 aliphatic heterocycles. The third-order valence-corrected chi connectivity index (χ3v) is 4.41. The average molecular weight is 311 g/mol. The van der Waals surface area contributed by atoms with Gasteiger partial charge in [-0.1, -0.05) is 12.1 Å². The van der Waals surface area contributed by atoms with E-state index < -0.39 is 0 Å². The molecule has 1 aromatic carbocycles. The molecule has 118 valence electrons. The summed E-state index contributed by atoms with van der Waals surface area (Å²) < 4.78 is 19.2. The van der Waals surface area contributed by atoms with E-state index in [1.807, 2.05) is 6.07 Å². The van der Waals surface area contributed by atoms with Crippen molar-refractivity contribution in [3.8, 4) is 6.07 Å². The first kappa shape index (κ1) is 15.4. The van der Waals surface area contributed by atoms with Gasteiger partial charge in [0.25, 0.3) is 0 Å². The molecular formula is C18H18FN3O. The smallest absolute Gasteiger partial charge is 0.143 e. The lowest BCUT2D eigenvalue weighted by Crippen LogP contribution is -2.40. The van der Waals surface area contributed by atoms with Crippen LogP contribution in [0.3, 0.4) is 0 Å². The van der Waals surface area contributed by atoms with Crippen molar-refractivity contribution in [2.24, 2.45) is 0 Å². The van der Waals surface area contributed by atoms with E-state index in [4.69, 9.17) is 4.74 Å². The van der Waals surface area contributed by atoms with Crippen LogP contribution in [0.1, 0.15) is 24.0 Å². The molecule has 0 atom stereocenters. The van der Waals surface area contributed by atoms with Gasteiger partial charge in [-0.05, 0) is 42.7 Å². The molecule has 1 fully saturated rings. The van der Waals surface area contributed by atoms with Gasteiger partial charge < -0.3 is 10.1 Å². The van der Waals surface area contributed by atoms with E-state index in [1.54, 1.807) is 30.5 Å². The Morgan fingerprint density at radius 1 is 1.26 bits per heavy atom. The van der Waals surface area contributed by atoms with Crippen LogP contribution in [0.2, 0.25) is 0 Å². The maximum absolute atomic E-state index is 13.7. The van der Waals surface area contributed by atoms with Crippen LogP contribution in [0, 0.1) is 17.1 Å². The number of benzene rings is 1. The Hall–Kier alpha value is -2.45. The fourth-order valence-corrected chi connectivity index (χ4v) is 3.04. The van der Waals surface area contributed by atoms with Crippen molar-refractivity contribution in [2.75, 3.05) is 25.1 Å². The lowest BCUT2D eigenvalue weighted by molar-refractivity contribution is 0.0542. The van der Waals surface area contributed by atoms with Gasteiger partial charge in [0.1, 0.15) is 17.7 Å². The Labute approximate surface area is 134 Å². The molecule has 0 radical (unpaired) electrons. The second-order valence-electron chi connectivity index (χ2n) is 5.77. The Balaban J connectivity index is 1.87. The van der Waals surface area contributed by atoms with Crippen LogP contribution < -0.4 is 5.32 Å². The van der Waals surface area contributed by atoms with Crippen molar-refractivity contribution in [3.05, 3.63) is 59.5 Å². The number of hydrogen-bond acceptors (Lipinski definition) is 4. The summed E-state index contributed by atoms with van der Waals surface area (Å²) in [6, 6.07) is 12.3. The molecule has 0 unspecified atom stereocenters. The molecule has 1 N–H and O–H groups in total. The zero-order chi connectivity index (χ0) is 16.1. The molecule has 2 aromatic rings. The molecule has 0 spiro atoms. The molecule has 4 nitrogen and oxygen atoms in total. The van der Waals surface area contributed by atoms with E-state index in [0.717, 1.165) is 18.4 Å². The van der Waals surface area contributed by atoms with Crippen LogP contribution in [0.15, 0.2) is 42.6 Å². The minimum atomic E-state index is -0.232. The number of ether oxygens (including phenoxy) is 1. The van der Waals surface area contributed by atoms with Gasteiger partial charge in [-0.15, -0.1) is 0 Å².